The number of nitrogens with one attached hydrogen (secondary N) is 2. The SMILES string of the molecule is C[C@H](OC(=O)c1cc(=O)[nH]c2ccccc12)C(=O)N[C@@H](C)c1ccc(F)cc1. The van der Waals surface area contributed by atoms with Gasteiger partial charge >= 0.3 is 5.97 Å². The summed E-state index contributed by atoms with van der Waals surface area (Å²) in [5, 5.41) is 3.24. The summed E-state index contributed by atoms with van der Waals surface area (Å²) in [4.78, 5) is 39.3. The van der Waals surface area contributed by atoms with E-state index < -0.39 is 29.6 Å². The lowest BCUT2D eigenvalue weighted by Crippen LogP contribution is -2.37. The summed E-state index contributed by atoms with van der Waals surface area (Å²) in [5.74, 6) is -1.63. The molecule has 3 aromatic rings. The second-order valence-corrected chi connectivity index (χ2v) is 6.42. The first-order valence-electron chi connectivity index (χ1n) is 8.74. The number of aromatic amines is 1. The van der Waals surface area contributed by atoms with Crippen LogP contribution in [0.25, 0.3) is 10.9 Å². The molecule has 0 saturated heterocycles. The van der Waals surface area contributed by atoms with Crippen molar-refractivity contribution in [3.63, 3.8) is 0 Å². The molecule has 1 heterocycles. The summed E-state index contributed by atoms with van der Waals surface area (Å²) in [5.41, 5.74) is 0.871. The fourth-order valence-electron chi connectivity index (χ4n) is 2.82. The minimum absolute atomic E-state index is 0.0885. The number of pyridine rings is 1. The molecule has 0 aliphatic heterocycles. The van der Waals surface area contributed by atoms with Gasteiger partial charge in [0.05, 0.1) is 11.6 Å². The number of ether oxygens (including phenoxy) is 1. The average Bonchev–Trinajstić information content (AvgIpc) is 2.67. The Morgan fingerprint density at radius 3 is 2.46 bits per heavy atom. The summed E-state index contributed by atoms with van der Waals surface area (Å²) in [7, 11) is 0. The number of amides is 1. The third-order valence-electron chi connectivity index (χ3n) is 4.35. The van der Waals surface area contributed by atoms with Crippen molar-refractivity contribution in [3.8, 4) is 0 Å². The number of hydrogen-bond donors (Lipinski definition) is 2. The van der Waals surface area contributed by atoms with E-state index in [1.165, 1.54) is 19.1 Å². The van der Waals surface area contributed by atoms with Gasteiger partial charge in [-0.2, -0.15) is 0 Å². The number of hydrogen-bond acceptors (Lipinski definition) is 4. The van der Waals surface area contributed by atoms with E-state index in [2.05, 4.69) is 10.3 Å². The number of aromatic nitrogens is 1. The molecule has 2 aromatic carbocycles. The van der Waals surface area contributed by atoms with Gasteiger partial charge in [-0.05, 0) is 37.6 Å². The number of carbonyl (C=O) groups is 2. The van der Waals surface area contributed by atoms with Crippen LogP contribution in [0.1, 0.15) is 35.8 Å². The van der Waals surface area contributed by atoms with Gasteiger partial charge in [0.2, 0.25) is 5.56 Å². The van der Waals surface area contributed by atoms with Gasteiger partial charge in [-0.1, -0.05) is 30.3 Å². The smallest absolute Gasteiger partial charge is 0.339 e. The van der Waals surface area contributed by atoms with Gasteiger partial charge in [-0.3, -0.25) is 9.59 Å². The zero-order valence-electron chi connectivity index (χ0n) is 15.4. The Morgan fingerprint density at radius 2 is 1.75 bits per heavy atom. The Labute approximate surface area is 160 Å². The Bertz CT molecular complexity index is 1080. The monoisotopic (exact) mass is 382 g/mol. The molecule has 7 heteroatoms. The second kappa shape index (κ2) is 8.04. The Balaban J connectivity index is 1.71. The van der Waals surface area contributed by atoms with Crippen molar-refractivity contribution in [3.05, 3.63) is 81.9 Å². The standard InChI is InChI=1S/C21H19FN2O4/c1-12(14-7-9-15(22)10-8-14)23-20(26)13(2)28-21(27)17-11-19(25)24-18-6-4-3-5-16(17)18/h3-13H,1-2H3,(H,23,26)(H,24,25)/t12-,13-/m0/s1. The molecule has 1 aromatic heterocycles. The van der Waals surface area contributed by atoms with E-state index >= 15 is 0 Å². The largest absolute Gasteiger partial charge is 0.449 e. The van der Waals surface area contributed by atoms with Crippen LogP contribution in [0.4, 0.5) is 4.39 Å². The van der Waals surface area contributed by atoms with Gasteiger partial charge in [0.1, 0.15) is 5.82 Å². The van der Waals surface area contributed by atoms with Gasteiger partial charge in [0.15, 0.2) is 6.10 Å². The maximum atomic E-state index is 13.0. The average molecular weight is 382 g/mol. The molecule has 3 rings (SSSR count). The number of H-pyrrole nitrogens is 1. The normalized spacial score (nSPS) is 13.0. The lowest BCUT2D eigenvalue weighted by Gasteiger charge is -2.18. The zero-order chi connectivity index (χ0) is 20.3. The molecule has 0 unspecified atom stereocenters. The molecular weight excluding hydrogens is 363 g/mol. The molecule has 28 heavy (non-hydrogen) atoms. The summed E-state index contributed by atoms with van der Waals surface area (Å²) in [6.07, 6.45) is -1.08. The van der Waals surface area contributed by atoms with Crippen molar-refractivity contribution < 1.29 is 18.7 Å². The molecule has 0 spiro atoms. The number of para-hydroxylation sites is 1. The summed E-state index contributed by atoms with van der Waals surface area (Å²) < 4.78 is 18.3. The highest BCUT2D eigenvalue weighted by Gasteiger charge is 2.22. The molecule has 0 radical (unpaired) electrons. The van der Waals surface area contributed by atoms with Crippen molar-refractivity contribution in [1.82, 2.24) is 10.3 Å². The fourth-order valence-corrected chi connectivity index (χ4v) is 2.82. The van der Waals surface area contributed by atoms with E-state index in [9.17, 15) is 18.8 Å². The molecule has 144 valence electrons. The molecule has 0 saturated carbocycles. The van der Waals surface area contributed by atoms with E-state index in [4.69, 9.17) is 4.74 Å². The van der Waals surface area contributed by atoms with Crippen molar-refractivity contribution in [2.24, 2.45) is 0 Å². The van der Waals surface area contributed by atoms with Crippen LogP contribution in [0, 0.1) is 5.82 Å². The van der Waals surface area contributed by atoms with Crippen molar-refractivity contribution in [2.75, 3.05) is 0 Å². The second-order valence-electron chi connectivity index (χ2n) is 6.42. The van der Waals surface area contributed by atoms with Crippen LogP contribution in [0.15, 0.2) is 59.4 Å². The van der Waals surface area contributed by atoms with Crippen molar-refractivity contribution >= 4 is 22.8 Å². The van der Waals surface area contributed by atoms with E-state index in [1.807, 2.05) is 0 Å². The highest BCUT2D eigenvalue weighted by atomic mass is 19.1. The molecule has 0 bridgehead atoms. The van der Waals surface area contributed by atoms with Gasteiger partial charge in [0.25, 0.3) is 5.91 Å². The number of fused-ring (bicyclic) bond motifs is 1. The quantitative estimate of drug-likeness (QED) is 0.664. The zero-order valence-corrected chi connectivity index (χ0v) is 15.4. The van der Waals surface area contributed by atoms with Gasteiger partial charge in [-0.15, -0.1) is 0 Å². The Kier molecular flexibility index (Phi) is 5.54. The van der Waals surface area contributed by atoms with Crippen LogP contribution < -0.4 is 10.9 Å². The molecule has 2 atom stereocenters. The number of benzene rings is 2. The predicted molar refractivity (Wildman–Crippen MR) is 102 cm³/mol. The molecular formula is C21H19FN2O4. The summed E-state index contributed by atoms with van der Waals surface area (Å²) in [6, 6.07) is 13.3. The van der Waals surface area contributed by atoms with E-state index in [1.54, 1.807) is 43.3 Å². The Morgan fingerprint density at radius 1 is 1.07 bits per heavy atom. The first-order chi connectivity index (χ1) is 13.3. The minimum atomic E-state index is -1.08. The van der Waals surface area contributed by atoms with Gasteiger partial charge in [0, 0.05) is 17.0 Å². The molecule has 0 aliphatic rings. The topological polar surface area (TPSA) is 88.3 Å². The maximum absolute atomic E-state index is 13.0. The lowest BCUT2D eigenvalue weighted by atomic mass is 10.1. The van der Waals surface area contributed by atoms with Crippen LogP contribution in [0.3, 0.4) is 0 Å². The number of carbonyl (C=O) groups excluding carboxylic acids is 2. The van der Waals surface area contributed by atoms with Crippen LogP contribution in [0.2, 0.25) is 0 Å². The number of esters is 1. The predicted octanol–water partition coefficient (Wildman–Crippen LogP) is 3.09. The first kappa shape index (κ1) is 19.3. The third kappa shape index (κ3) is 4.25. The highest BCUT2D eigenvalue weighted by Crippen LogP contribution is 2.17. The van der Waals surface area contributed by atoms with Crippen LogP contribution in [-0.2, 0) is 9.53 Å². The first-order valence-corrected chi connectivity index (χ1v) is 8.74. The molecule has 6 nitrogen and oxygen atoms in total. The number of halogens is 1. The summed E-state index contributed by atoms with van der Waals surface area (Å²) >= 11 is 0. The van der Waals surface area contributed by atoms with Crippen LogP contribution >= 0.6 is 0 Å². The highest BCUT2D eigenvalue weighted by molar-refractivity contribution is 6.03. The third-order valence-corrected chi connectivity index (χ3v) is 4.35. The van der Waals surface area contributed by atoms with E-state index in [-0.39, 0.29) is 11.4 Å². The summed E-state index contributed by atoms with van der Waals surface area (Å²) in [6.45, 7) is 3.18. The van der Waals surface area contributed by atoms with Crippen molar-refractivity contribution in [1.29, 1.82) is 0 Å². The molecule has 1 amide bonds. The van der Waals surface area contributed by atoms with Gasteiger partial charge < -0.3 is 15.0 Å². The Hall–Kier alpha value is -3.48. The molecule has 0 aliphatic carbocycles. The van der Waals surface area contributed by atoms with Gasteiger partial charge in [-0.25, -0.2) is 9.18 Å². The fraction of sp³-hybridized carbons (Fsp3) is 0.190. The number of rotatable bonds is 5. The van der Waals surface area contributed by atoms with E-state index in [0.29, 0.717) is 16.5 Å². The molecule has 0 fully saturated rings. The lowest BCUT2D eigenvalue weighted by molar-refractivity contribution is -0.129. The minimum Gasteiger partial charge on any atom is -0.449 e. The maximum Gasteiger partial charge on any atom is 0.339 e. The van der Waals surface area contributed by atoms with Crippen LogP contribution in [-0.4, -0.2) is 23.0 Å². The molecule has 2 N–H and O–H groups in total. The van der Waals surface area contributed by atoms with Crippen LogP contribution in [0.5, 0.6) is 0 Å². The van der Waals surface area contributed by atoms with Crippen molar-refractivity contribution in [2.45, 2.75) is 26.0 Å². The van der Waals surface area contributed by atoms with E-state index in [0.717, 1.165) is 6.07 Å².